The topological polar surface area (TPSA) is 75.2 Å². The van der Waals surface area contributed by atoms with E-state index >= 15 is 0 Å². The van der Waals surface area contributed by atoms with Crippen LogP contribution in [0.4, 0.5) is 5.69 Å². The van der Waals surface area contributed by atoms with Crippen molar-refractivity contribution < 1.29 is 9.59 Å². The first-order valence-electron chi connectivity index (χ1n) is 9.82. The molecule has 1 aromatic carbocycles. The van der Waals surface area contributed by atoms with Crippen LogP contribution < -0.4 is 10.2 Å². The highest BCUT2D eigenvalue weighted by molar-refractivity contribution is 6.00. The van der Waals surface area contributed by atoms with Crippen molar-refractivity contribution in [3.8, 4) is 0 Å². The third-order valence-electron chi connectivity index (χ3n) is 5.04. The van der Waals surface area contributed by atoms with Crippen LogP contribution in [0, 0.1) is 19.8 Å². The first-order chi connectivity index (χ1) is 13.3. The van der Waals surface area contributed by atoms with Gasteiger partial charge in [-0.2, -0.15) is 0 Å². The van der Waals surface area contributed by atoms with Crippen molar-refractivity contribution in [2.45, 2.75) is 46.5 Å². The summed E-state index contributed by atoms with van der Waals surface area (Å²) in [6.07, 6.45) is 0.827. The summed E-state index contributed by atoms with van der Waals surface area (Å²) >= 11 is 0. The lowest BCUT2D eigenvalue weighted by molar-refractivity contribution is -0.126. The van der Waals surface area contributed by atoms with Crippen LogP contribution in [-0.4, -0.2) is 34.9 Å². The van der Waals surface area contributed by atoms with Crippen molar-refractivity contribution in [2.75, 3.05) is 18.0 Å². The molecule has 0 saturated carbocycles. The molecule has 6 heteroatoms. The van der Waals surface area contributed by atoms with Gasteiger partial charge in [-0.1, -0.05) is 26.0 Å². The number of hydrogen-bond donors (Lipinski definition) is 1. The largest absolute Gasteiger partial charge is 0.355 e. The van der Waals surface area contributed by atoms with E-state index in [0.29, 0.717) is 25.4 Å². The van der Waals surface area contributed by atoms with Gasteiger partial charge in [0.2, 0.25) is 11.8 Å². The van der Waals surface area contributed by atoms with Gasteiger partial charge < -0.3 is 10.2 Å². The molecule has 1 aliphatic heterocycles. The highest BCUT2D eigenvalue weighted by atomic mass is 16.2. The number of carbonyl (C=O) groups excluding carboxylic acids is 2. The summed E-state index contributed by atoms with van der Waals surface area (Å²) < 4.78 is 0. The summed E-state index contributed by atoms with van der Waals surface area (Å²) in [5, 5.41) is 2.93. The second kappa shape index (κ2) is 8.50. The molecule has 1 unspecified atom stereocenters. The van der Waals surface area contributed by atoms with Gasteiger partial charge in [0, 0.05) is 43.0 Å². The SMILES string of the molecule is Cc1cc(C)nc(CCNC(=O)C2CC(=O)N(c3ccc(C(C)C)cc3)C2)n1. The Hall–Kier alpha value is -2.76. The van der Waals surface area contributed by atoms with Crippen molar-refractivity contribution >= 4 is 17.5 Å². The van der Waals surface area contributed by atoms with Crippen molar-refractivity contribution in [3.05, 3.63) is 53.1 Å². The quantitative estimate of drug-likeness (QED) is 0.836. The van der Waals surface area contributed by atoms with Gasteiger partial charge >= 0.3 is 0 Å². The van der Waals surface area contributed by atoms with Crippen molar-refractivity contribution in [3.63, 3.8) is 0 Å². The Balaban J connectivity index is 1.54. The summed E-state index contributed by atoms with van der Waals surface area (Å²) in [5.41, 5.74) is 3.94. The van der Waals surface area contributed by atoms with E-state index in [4.69, 9.17) is 0 Å². The van der Waals surface area contributed by atoms with Crippen LogP contribution in [-0.2, 0) is 16.0 Å². The van der Waals surface area contributed by atoms with Crippen LogP contribution in [0.25, 0.3) is 0 Å². The third kappa shape index (κ3) is 4.74. The van der Waals surface area contributed by atoms with Crippen molar-refractivity contribution in [1.29, 1.82) is 0 Å². The lowest BCUT2D eigenvalue weighted by Gasteiger charge is -2.17. The first-order valence-corrected chi connectivity index (χ1v) is 9.82. The number of aromatic nitrogens is 2. The zero-order chi connectivity index (χ0) is 20.3. The van der Waals surface area contributed by atoms with Gasteiger partial charge in [0.15, 0.2) is 0 Å². The standard InChI is InChI=1S/C22H28N4O2/c1-14(2)17-5-7-19(8-6-17)26-13-18(12-21(26)27)22(28)23-10-9-20-24-15(3)11-16(4)25-20/h5-8,11,14,18H,9-10,12-13H2,1-4H3,(H,23,28). The Labute approximate surface area is 166 Å². The zero-order valence-corrected chi connectivity index (χ0v) is 17.0. The zero-order valence-electron chi connectivity index (χ0n) is 17.0. The molecule has 1 atom stereocenters. The normalized spacial score (nSPS) is 16.7. The number of carbonyl (C=O) groups is 2. The molecule has 1 aliphatic rings. The van der Waals surface area contributed by atoms with Gasteiger partial charge in [0.1, 0.15) is 5.82 Å². The smallest absolute Gasteiger partial charge is 0.227 e. The summed E-state index contributed by atoms with van der Waals surface area (Å²) in [4.78, 5) is 35.4. The Bertz CT molecular complexity index is 841. The average Bonchev–Trinajstić information content (AvgIpc) is 3.03. The number of aryl methyl sites for hydroxylation is 2. The van der Waals surface area contributed by atoms with Gasteiger partial charge in [-0.05, 0) is 43.5 Å². The minimum atomic E-state index is -0.322. The van der Waals surface area contributed by atoms with Crippen LogP contribution in [0.5, 0.6) is 0 Å². The van der Waals surface area contributed by atoms with Crippen LogP contribution in [0.2, 0.25) is 0 Å². The molecular formula is C22H28N4O2. The summed E-state index contributed by atoms with van der Waals surface area (Å²) in [6, 6.07) is 9.94. The van der Waals surface area contributed by atoms with Crippen LogP contribution in [0.3, 0.4) is 0 Å². The molecule has 0 aliphatic carbocycles. The number of amides is 2. The molecule has 0 radical (unpaired) electrons. The Morgan fingerprint density at radius 3 is 2.43 bits per heavy atom. The number of anilines is 1. The molecular weight excluding hydrogens is 352 g/mol. The fraction of sp³-hybridized carbons (Fsp3) is 0.455. The van der Waals surface area contributed by atoms with Gasteiger partial charge in [0.25, 0.3) is 0 Å². The molecule has 1 saturated heterocycles. The summed E-state index contributed by atoms with van der Waals surface area (Å²) in [5.74, 6) is 0.766. The first kappa shape index (κ1) is 20.0. The predicted molar refractivity (Wildman–Crippen MR) is 109 cm³/mol. The van der Waals surface area contributed by atoms with E-state index < -0.39 is 0 Å². The maximum Gasteiger partial charge on any atom is 0.227 e. The molecule has 0 spiro atoms. The van der Waals surface area contributed by atoms with Crippen molar-refractivity contribution in [2.24, 2.45) is 5.92 Å². The molecule has 2 aromatic rings. The predicted octanol–water partition coefficient (Wildman–Crippen LogP) is 2.93. The molecule has 148 valence electrons. The molecule has 1 N–H and O–H groups in total. The fourth-order valence-corrected chi connectivity index (χ4v) is 3.52. The Morgan fingerprint density at radius 1 is 1.18 bits per heavy atom. The average molecular weight is 380 g/mol. The Kier molecular flexibility index (Phi) is 6.07. The van der Waals surface area contributed by atoms with Gasteiger partial charge in [-0.3, -0.25) is 9.59 Å². The van der Waals surface area contributed by atoms with E-state index in [2.05, 4.69) is 29.1 Å². The maximum absolute atomic E-state index is 12.5. The molecule has 1 aromatic heterocycles. The highest BCUT2D eigenvalue weighted by Gasteiger charge is 2.34. The molecule has 2 heterocycles. The number of hydrogen-bond acceptors (Lipinski definition) is 4. The molecule has 2 amide bonds. The minimum absolute atomic E-state index is 0.00455. The highest BCUT2D eigenvalue weighted by Crippen LogP contribution is 2.26. The van der Waals surface area contributed by atoms with E-state index in [1.54, 1.807) is 4.90 Å². The van der Waals surface area contributed by atoms with E-state index in [1.165, 1.54) is 5.56 Å². The van der Waals surface area contributed by atoms with Crippen LogP contribution in [0.1, 0.15) is 49.0 Å². The van der Waals surface area contributed by atoms with E-state index in [1.807, 2.05) is 44.2 Å². The maximum atomic E-state index is 12.5. The lowest BCUT2D eigenvalue weighted by Crippen LogP contribution is -2.34. The van der Waals surface area contributed by atoms with Crippen LogP contribution >= 0.6 is 0 Å². The second-order valence-corrected chi connectivity index (χ2v) is 7.76. The second-order valence-electron chi connectivity index (χ2n) is 7.76. The van der Waals surface area contributed by atoms with Gasteiger partial charge in [-0.15, -0.1) is 0 Å². The van der Waals surface area contributed by atoms with Gasteiger partial charge in [0.05, 0.1) is 5.92 Å². The number of rotatable bonds is 6. The molecule has 6 nitrogen and oxygen atoms in total. The van der Waals surface area contributed by atoms with E-state index in [-0.39, 0.29) is 24.2 Å². The molecule has 28 heavy (non-hydrogen) atoms. The third-order valence-corrected chi connectivity index (χ3v) is 5.04. The van der Waals surface area contributed by atoms with Crippen LogP contribution in [0.15, 0.2) is 30.3 Å². The number of nitrogens with one attached hydrogen (secondary N) is 1. The minimum Gasteiger partial charge on any atom is -0.355 e. The number of benzene rings is 1. The fourth-order valence-electron chi connectivity index (χ4n) is 3.52. The molecule has 3 rings (SSSR count). The monoisotopic (exact) mass is 380 g/mol. The van der Waals surface area contributed by atoms with Gasteiger partial charge in [-0.25, -0.2) is 9.97 Å². The van der Waals surface area contributed by atoms with E-state index in [9.17, 15) is 9.59 Å². The van der Waals surface area contributed by atoms with Crippen molar-refractivity contribution in [1.82, 2.24) is 15.3 Å². The number of nitrogens with zero attached hydrogens (tertiary/aromatic N) is 3. The Morgan fingerprint density at radius 2 is 1.82 bits per heavy atom. The van der Waals surface area contributed by atoms with E-state index in [0.717, 1.165) is 22.9 Å². The summed E-state index contributed by atoms with van der Waals surface area (Å²) in [6.45, 7) is 9.03. The molecule has 1 fully saturated rings. The lowest BCUT2D eigenvalue weighted by atomic mass is 10.0. The molecule has 0 bridgehead atoms. The summed E-state index contributed by atoms with van der Waals surface area (Å²) in [7, 11) is 0.